The highest BCUT2D eigenvalue weighted by atomic mass is 32.1. The molecule has 0 spiro atoms. The standard InChI is InChI=1S/C18H19FN4O2S/c19-11-3-5-23(6-4-11)9-12-8-13-16(20)21-17(22-18(13)26-12)10-1-2-14(24)15(25)7-10/h1-2,7-8,11,24-25H,3-6,9H2,(H2,20,21,22). The smallest absolute Gasteiger partial charge is 0.163 e. The molecule has 6 nitrogen and oxygen atoms in total. The number of anilines is 1. The van der Waals surface area contributed by atoms with Gasteiger partial charge < -0.3 is 15.9 Å². The molecule has 0 bridgehead atoms. The lowest BCUT2D eigenvalue weighted by Gasteiger charge is -2.27. The molecule has 0 atom stereocenters. The number of aromatic hydroxyl groups is 2. The van der Waals surface area contributed by atoms with Gasteiger partial charge in [-0.1, -0.05) is 0 Å². The maximum Gasteiger partial charge on any atom is 0.163 e. The van der Waals surface area contributed by atoms with Crippen molar-refractivity contribution in [3.05, 3.63) is 29.1 Å². The topological polar surface area (TPSA) is 95.5 Å². The monoisotopic (exact) mass is 374 g/mol. The molecule has 0 saturated carbocycles. The van der Waals surface area contributed by atoms with Gasteiger partial charge in [0.1, 0.15) is 16.8 Å². The molecule has 4 rings (SSSR count). The van der Waals surface area contributed by atoms with Crippen molar-refractivity contribution in [2.75, 3.05) is 18.8 Å². The summed E-state index contributed by atoms with van der Waals surface area (Å²) in [5, 5.41) is 19.9. The summed E-state index contributed by atoms with van der Waals surface area (Å²) in [6.07, 6.45) is 0.488. The molecule has 1 aliphatic heterocycles. The van der Waals surface area contributed by atoms with E-state index in [4.69, 9.17) is 5.73 Å². The number of hydrogen-bond donors (Lipinski definition) is 3. The van der Waals surface area contributed by atoms with Crippen LogP contribution in [0.5, 0.6) is 11.5 Å². The van der Waals surface area contributed by atoms with Gasteiger partial charge in [0.2, 0.25) is 0 Å². The minimum Gasteiger partial charge on any atom is -0.504 e. The second-order valence-electron chi connectivity index (χ2n) is 6.52. The molecule has 1 aliphatic rings. The van der Waals surface area contributed by atoms with Crippen LogP contribution in [0, 0.1) is 0 Å². The summed E-state index contributed by atoms with van der Waals surface area (Å²) in [4.78, 5) is 13.0. The fraction of sp³-hybridized carbons (Fsp3) is 0.333. The van der Waals surface area contributed by atoms with Crippen molar-refractivity contribution in [3.8, 4) is 22.9 Å². The van der Waals surface area contributed by atoms with Crippen molar-refractivity contribution < 1.29 is 14.6 Å². The molecule has 4 N–H and O–H groups in total. The number of halogens is 1. The number of nitrogens with zero attached hydrogens (tertiary/aromatic N) is 3. The Kier molecular flexibility index (Phi) is 4.37. The Morgan fingerprint density at radius 1 is 1.15 bits per heavy atom. The van der Waals surface area contributed by atoms with Crippen LogP contribution in [0.3, 0.4) is 0 Å². The predicted octanol–water partition coefficient (Wildman–Crippen LogP) is 3.29. The molecule has 0 aliphatic carbocycles. The highest BCUT2D eigenvalue weighted by Gasteiger charge is 2.20. The van der Waals surface area contributed by atoms with Crippen LogP contribution in [0.4, 0.5) is 10.2 Å². The van der Waals surface area contributed by atoms with Crippen molar-refractivity contribution in [2.24, 2.45) is 0 Å². The van der Waals surface area contributed by atoms with E-state index in [-0.39, 0.29) is 11.5 Å². The zero-order valence-electron chi connectivity index (χ0n) is 14.0. The second-order valence-corrected chi connectivity index (χ2v) is 7.63. The average molecular weight is 374 g/mol. The van der Waals surface area contributed by atoms with E-state index in [1.165, 1.54) is 12.1 Å². The number of thiophene rings is 1. The van der Waals surface area contributed by atoms with Crippen LogP contribution in [-0.2, 0) is 6.54 Å². The Morgan fingerprint density at radius 2 is 1.92 bits per heavy atom. The van der Waals surface area contributed by atoms with Gasteiger partial charge in [0.05, 0.1) is 5.39 Å². The maximum atomic E-state index is 13.3. The summed E-state index contributed by atoms with van der Waals surface area (Å²) >= 11 is 1.54. The lowest BCUT2D eigenvalue weighted by molar-refractivity contribution is 0.146. The van der Waals surface area contributed by atoms with Crippen molar-refractivity contribution in [2.45, 2.75) is 25.6 Å². The van der Waals surface area contributed by atoms with Gasteiger partial charge in [-0.05, 0) is 37.1 Å². The van der Waals surface area contributed by atoms with E-state index in [0.717, 1.165) is 34.7 Å². The third-order valence-corrected chi connectivity index (χ3v) is 5.62. The van der Waals surface area contributed by atoms with Gasteiger partial charge in [0, 0.05) is 30.1 Å². The number of phenolic OH excluding ortho intramolecular Hbond substituents is 2. The summed E-state index contributed by atoms with van der Waals surface area (Å²) in [5.74, 6) is 0.352. The van der Waals surface area contributed by atoms with Gasteiger partial charge in [-0.2, -0.15) is 0 Å². The van der Waals surface area contributed by atoms with Crippen molar-refractivity contribution in [1.82, 2.24) is 14.9 Å². The Morgan fingerprint density at radius 3 is 2.65 bits per heavy atom. The van der Waals surface area contributed by atoms with Crippen molar-refractivity contribution >= 4 is 27.4 Å². The first-order chi connectivity index (χ1) is 12.5. The van der Waals surface area contributed by atoms with Gasteiger partial charge in [-0.15, -0.1) is 11.3 Å². The summed E-state index contributed by atoms with van der Waals surface area (Å²) in [5.41, 5.74) is 6.69. The summed E-state index contributed by atoms with van der Waals surface area (Å²) in [6, 6.07) is 6.43. The van der Waals surface area contributed by atoms with E-state index < -0.39 is 6.17 Å². The second kappa shape index (κ2) is 6.69. The SMILES string of the molecule is Nc1nc(-c2ccc(O)c(O)c2)nc2sc(CN3CCC(F)CC3)cc12. The Labute approximate surface area is 153 Å². The molecule has 136 valence electrons. The summed E-state index contributed by atoms with van der Waals surface area (Å²) in [6.45, 7) is 2.27. The average Bonchev–Trinajstić information content (AvgIpc) is 3.02. The van der Waals surface area contributed by atoms with Crippen molar-refractivity contribution in [1.29, 1.82) is 0 Å². The molecule has 8 heteroatoms. The maximum absolute atomic E-state index is 13.3. The van der Waals surface area contributed by atoms with Crippen LogP contribution >= 0.6 is 11.3 Å². The molecule has 0 amide bonds. The van der Waals surface area contributed by atoms with Gasteiger partial charge in [0.25, 0.3) is 0 Å². The van der Waals surface area contributed by atoms with Gasteiger partial charge in [-0.3, -0.25) is 4.90 Å². The molecule has 3 aromatic rings. The molecule has 3 heterocycles. The third-order valence-electron chi connectivity index (χ3n) is 4.60. The highest BCUT2D eigenvalue weighted by molar-refractivity contribution is 7.18. The normalized spacial score (nSPS) is 16.3. The predicted molar refractivity (Wildman–Crippen MR) is 100 cm³/mol. The number of rotatable bonds is 3. The number of nitrogen functional groups attached to an aromatic ring is 1. The molecular formula is C18H19FN4O2S. The molecular weight excluding hydrogens is 355 g/mol. The molecule has 1 saturated heterocycles. The number of phenols is 2. The van der Waals surface area contributed by atoms with Crippen LogP contribution < -0.4 is 5.73 Å². The van der Waals surface area contributed by atoms with Crippen LogP contribution in [0.1, 0.15) is 17.7 Å². The fourth-order valence-corrected chi connectivity index (χ4v) is 4.22. The van der Waals surface area contributed by atoms with E-state index in [2.05, 4.69) is 14.9 Å². The Balaban J connectivity index is 1.63. The quantitative estimate of drug-likeness (QED) is 0.609. The Bertz CT molecular complexity index is 954. The van der Waals surface area contributed by atoms with Gasteiger partial charge >= 0.3 is 0 Å². The van der Waals surface area contributed by atoms with E-state index >= 15 is 0 Å². The van der Waals surface area contributed by atoms with Gasteiger partial charge in [-0.25, -0.2) is 14.4 Å². The highest BCUT2D eigenvalue weighted by Crippen LogP contribution is 2.33. The molecule has 1 aromatic carbocycles. The first-order valence-electron chi connectivity index (χ1n) is 8.44. The third kappa shape index (κ3) is 3.30. The molecule has 0 radical (unpaired) electrons. The number of nitrogens with two attached hydrogens (primary N) is 1. The molecule has 0 unspecified atom stereocenters. The zero-order valence-corrected chi connectivity index (χ0v) is 14.8. The van der Waals surface area contributed by atoms with E-state index in [9.17, 15) is 14.6 Å². The van der Waals surface area contributed by atoms with Crippen LogP contribution in [-0.4, -0.2) is 44.3 Å². The van der Waals surface area contributed by atoms with Crippen molar-refractivity contribution in [3.63, 3.8) is 0 Å². The number of fused-ring (bicyclic) bond motifs is 1. The number of benzene rings is 1. The number of likely N-dealkylation sites (tertiary alicyclic amines) is 1. The van der Waals surface area contributed by atoms with Gasteiger partial charge in [0.15, 0.2) is 17.3 Å². The molecule has 2 aromatic heterocycles. The molecule has 26 heavy (non-hydrogen) atoms. The Hall–Kier alpha value is -2.45. The first kappa shape index (κ1) is 17.0. The number of hydrogen-bond acceptors (Lipinski definition) is 7. The lowest BCUT2D eigenvalue weighted by Crippen LogP contribution is -2.33. The largest absolute Gasteiger partial charge is 0.504 e. The number of alkyl halides is 1. The van der Waals surface area contributed by atoms with E-state index in [1.54, 1.807) is 17.4 Å². The van der Waals surface area contributed by atoms with Crippen LogP contribution in [0.25, 0.3) is 21.6 Å². The lowest BCUT2D eigenvalue weighted by atomic mass is 10.1. The van der Waals surface area contributed by atoms with E-state index in [0.29, 0.717) is 30.0 Å². The zero-order chi connectivity index (χ0) is 18.3. The van der Waals surface area contributed by atoms with E-state index in [1.807, 2.05) is 6.07 Å². The first-order valence-corrected chi connectivity index (χ1v) is 9.26. The fourth-order valence-electron chi connectivity index (χ4n) is 3.14. The summed E-state index contributed by atoms with van der Waals surface area (Å²) < 4.78 is 13.3. The number of piperidine rings is 1. The van der Waals surface area contributed by atoms with Crippen LogP contribution in [0.15, 0.2) is 24.3 Å². The minimum absolute atomic E-state index is 0.196. The summed E-state index contributed by atoms with van der Waals surface area (Å²) in [7, 11) is 0. The minimum atomic E-state index is -0.681. The number of aromatic nitrogens is 2. The van der Waals surface area contributed by atoms with Crippen LogP contribution in [0.2, 0.25) is 0 Å². The molecule has 1 fully saturated rings.